The summed E-state index contributed by atoms with van der Waals surface area (Å²) in [6, 6.07) is 0. The molecular weight excluding hydrogens is 248 g/mol. The van der Waals surface area contributed by atoms with Gasteiger partial charge in [-0.3, -0.25) is 19.2 Å². The van der Waals surface area contributed by atoms with Crippen LogP contribution in [0, 0.1) is 11.8 Å². The van der Waals surface area contributed by atoms with Gasteiger partial charge in [-0.25, -0.2) is 0 Å². The number of hydrogen-bond acceptors (Lipinski definition) is 4. The van der Waals surface area contributed by atoms with Crippen LogP contribution in [0.4, 0.5) is 0 Å². The summed E-state index contributed by atoms with van der Waals surface area (Å²) in [7, 11) is 0. The first-order valence-electron chi connectivity index (χ1n) is 4.15. The van der Waals surface area contributed by atoms with E-state index in [9.17, 15) is 19.2 Å². The molecule has 2 unspecified atom stereocenters. The fourth-order valence-corrected chi connectivity index (χ4v) is 1.18. The smallest absolute Gasteiger partial charge is 1.00 e. The van der Waals surface area contributed by atoms with Crippen molar-refractivity contribution in [3.63, 3.8) is 0 Å². The maximum absolute atomic E-state index is 10.6. The van der Waals surface area contributed by atoms with Crippen LogP contribution < -0.4 is 0 Å². The summed E-state index contributed by atoms with van der Waals surface area (Å²) < 4.78 is 0. The third-order valence-corrected chi connectivity index (χ3v) is 1.91. The summed E-state index contributed by atoms with van der Waals surface area (Å²) in [5, 5.41) is 34.1. The largest absolute Gasteiger partial charge is 2.00 e. The van der Waals surface area contributed by atoms with Crippen LogP contribution in [0.15, 0.2) is 0 Å². The molecule has 0 heterocycles. The van der Waals surface area contributed by atoms with Crippen LogP contribution in [-0.2, 0) is 19.2 Å². The van der Waals surface area contributed by atoms with E-state index in [0.717, 1.165) is 0 Å². The molecule has 0 aromatic rings. The molecule has 0 rings (SSSR count). The molecule has 0 aliphatic rings. The predicted octanol–water partition coefficient (Wildman–Crippen LogP) is -0.818. The number of rotatable bonds is 7. The van der Waals surface area contributed by atoms with Crippen molar-refractivity contribution in [2.75, 3.05) is 0 Å². The quantitative estimate of drug-likeness (QED) is 0.434. The van der Waals surface area contributed by atoms with Crippen molar-refractivity contribution in [3.05, 3.63) is 0 Å². The molecule has 2 atom stereocenters. The Kier molecular flexibility index (Phi) is 8.32. The molecule has 0 amide bonds. The van der Waals surface area contributed by atoms with Gasteiger partial charge >= 0.3 is 46.9 Å². The van der Waals surface area contributed by atoms with Crippen LogP contribution in [0.5, 0.6) is 0 Å². The van der Waals surface area contributed by atoms with Crippen molar-refractivity contribution in [3.8, 4) is 0 Å². The minimum absolute atomic E-state index is 0. The normalized spacial score (nSPS) is 12.9. The van der Waals surface area contributed by atoms with Gasteiger partial charge < -0.3 is 23.3 Å². The molecule has 8 nitrogen and oxygen atoms in total. The zero-order valence-electron chi connectivity index (χ0n) is 10.7. The minimum atomic E-state index is -1.76. The summed E-state index contributed by atoms with van der Waals surface area (Å²) in [4.78, 5) is 41.9. The van der Waals surface area contributed by atoms with E-state index in [1.54, 1.807) is 0 Å². The zero-order chi connectivity index (χ0) is 12.9. The second-order valence-electron chi connectivity index (χ2n) is 3.09. The van der Waals surface area contributed by atoms with E-state index in [4.69, 9.17) is 20.4 Å². The molecule has 0 spiro atoms. The molecule has 0 aromatic carbocycles. The van der Waals surface area contributed by atoms with Gasteiger partial charge in [0.2, 0.25) is 0 Å². The minimum Gasteiger partial charge on any atom is -1.00 e. The summed E-state index contributed by atoms with van der Waals surface area (Å²) in [6.07, 6.45) is -1.86. The number of carbonyl (C=O) groups is 4. The molecule has 0 bridgehead atoms. The summed E-state index contributed by atoms with van der Waals surface area (Å²) >= 11 is 0. The SMILES string of the molecule is O=C(O)CC(C(=O)O)C(CC(=O)O)C(=O)O.[H-].[H-].[Mg+2]. The van der Waals surface area contributed by atoms with Crippen LogP contribution in [-0.4, -0.2) is 67.4 Å². The first-order valence-corrected chi connectivity index (χ1v) is 4.15. The van der Waals surface area contributed by atoms with Crippen molar-refractivity contribution >= 4 is 46.9 Å². The van der Waals surface area contributed by atoms with Gasteiger partial charge in [0.05, 0.1) is 24.7 Å². The van der Waals surface area contributed by atoms with E-state index < -0.39 is 48.6 Å². The molecule has 0 radical (unpaired) electrons. The molecule has 4 N–H and O–H groups in total. The van der Waals surface area contributed by atoms with Gasteiger partial charge in [-0.2, -0.15) is 0 Å². The van der Waals surface area contributed by atoms with Gasteiger partial charge in [-0.15, -0.1) is 0 Å². The molecule has 0 aliphatic carbocycles. The Morgan fingerprint density at radius 1 is 0.765 bits per heavy atom. The van der Waals surface area contributed by atoms with Crippen LogP contribution in [0.25, 0.3) is 0 Å². The van der Waals surface area contributed by atoms with Crippen LogP contribution >= 0.6 is 0 Å². The Bertz CT molecular complexity index is 303. The van der Waals surface area contributed by atoms with Crippen molar-refractivity contribution in [2.45, 2.75) is 12.8 Å². The van der Waals surface area contributed by atoms with Crippen molar-refractivity contribution in [2.24, 2.45) is 11.8 Å². The molecule has 0 aliphatic heterocycles. The molecule has 0 saturated carbocycles. The van der Waals surface area contributed by atoms with Crippen LogP contribution in [0.3, 0.4) is 0 Å². The first-order chi connectivity index (χ1) is 7.25. The van der Waals surface area contributed by atoms with Crippen molar-refractivity contribution < 1.29 is 42.5 Å². The van der Waals surface area contributed by atoms with Gasteiger partial charge in [0.1, 0.15) is 0 Å². The van der Waals surface area contributed by atoms with Crippen LogP contribution in [0.1, 0.15) is 15.7 Å². The van der Waals surface area contributed by atoms with E-state index in [1.807, 2.05) is 0 Å². The van der Waals surface area contributed by atoms with Crippen molar-refractivity contribution in [1.29, 1.82) is 0 Å². The second kappa shape index (κ2) is 7.84. The molecule has 9 heteroatoms. The summed E-state index contributed by atoms with van der Waals surface area (Å²) in [5.74, 6) is -9.79. The molecule has 0 fully saturated rings. The standard InChI is InChI=1S/C8H10O8.Mg.2H/c9-5(10)1-3(7(13)14)4(8(15)16)2-6(11)12;;;/h3-4H,1-2H2,(H,9,10)(H,11,12)(H,13,14)(H,15,16);;;/q;+2;2*-1. The summed E-state index contributed by atoms with van der Waals surface area (Å²) in [5.41, 5.74) is 0. The number of aliphatic carboxylic acids is 4. The Hall–Kier alpha value is -1.35. The van der Waals surface area contributed by atoms with E-state index in [1.165, 1.54) is 0 Å². The second-order valence-corrected chi connectivity index (χ2v) is 3.09. The Balaban J connectivity index is -0.000000375. The maximum Gasteiger partial charge on any atom is 2.00 e. The van der Waals surface area contributed by atoms with Gasteiger partial charge in [-0.05, 0) is 0 Å². The predicted molar refractivity (Wildman–Crippen MR) is 54.7 cm³/mol. The Morgan fingerprint density at radius 3 is 1.12 bits per heavy atom. The zero-order valence-corrected chi connectivity index (χ0v) is 10.1. The topological polar surface area (TPSA) is 149 Å². The number of hydrogen-bond donors (Lipinski definition) is 4. The third kappa shape index (κ3) is 6.74. The van der Waals surface area contributed by atoms with E-state index in [-0.39, 0.29) is 25.9 Å². The van der Waals surface area contributed by atoms with Gasteiger partial charge in [0.25, 0.3) is 0 Å². The van der Waals surface area contributed by atoms with E-state index in [0.29, 0.717) is 0 Å². The van der Waals surface area contributed by atoms with Crippen molar-refractivity contribution in [1.82, 2.24) is 0 Å². The monoisotopic (exact) mass is 260 g/mol. The fraction of sp³-hybridized carbons (Fsp3) is 0.500. The average molecular weight is 260 g/mol. The van der Waals surface area contributed by atoms with Gasteiger partial charge in [-0.1, -0.05) is 0 Å². The maximum atomic E-state index is 10.6. The van der Waals surface area contributed by atoms with Gasteiger partial charge in [0.15, 0.2) is 0 Å². The average Bonchev–Trinajstić information content (AvgIpc) is 2.09. The first kappa shape index (κ1) is 18.0. The Morgan fingerprint density at radius 2 is 1.00 bits per heavy atom. The van der Waals surface area contributed by atoms with Crippen LogP contribution in [0.2, 0.25) is 0 Å². The fourth-order valence-electron chi connectivity index (χ4n) is 1.18. The Labute approximate surface area is 114 Å². The third-order valence-electron chi connectivity index (χ3n) is 1.91. The van der Waals surface area contributed by atoms with Gasteiger partial charge in [0, 0.05) is 0 Å². The molecule has 17 heavy (non-hydrogen) atoms. The number of carboxylic acid groups (broad SMARTS) is 4. The van der Waals surface area contributed by atoms with E-state index in [2.05, 4.69) is 0 Å². The summed E-state index contributed by atoms with van der Waals surface area (Å²) in [6.45, 7) is 0. The molecule has 0 saturated heterocycles. The molecule has 0 aromatic heterocycles. The number of carboxylic acids is 4. The molecule has 94 valence electrons. The molecular formula is C8H12MgO8. The van der Waals surface area contributed by atoms with E-state index >= 15 is 0 Å².